The average Bonchev–Trinajstić information content (AvgIpc) is 3.30. The number of aromatic amines is 1. The number of ether oxygens (including phenoxy) is 1. The molecule has 7 nitrogen and oxygen atoms in total. The van der Waals surface area contributed by atoms with Crippen LogP contribution in [-0.4, -0.2) is 57.0 Å². The molecule has 1 atom stereocenters. The lowest BCUT2D eigenvalue weighted by Crippen LogP contribution is -2.49. The summed E-state index contributed by atoms with van der Waals surface area (Å²) >= 11 is 4.59. The summed E-state index contributed by atoms with van der Waals surface area (Å²) in [5.41, 5.74) is 2.02. The normalized spacial score (nSPS) is 15.8. The SMILES string of the molecule is O=C(Oc1ccc(C(S)c2ncc[nH]2)cc1)N1CCN(Cc2ccccn2)CC1. The fourth-order valence-corrected chi connectivity index (χ4v) is 3.59. The minimum Gasteiger partial charge on any atom is -0.410 e. The van der Waals surface area contributed by atoms with Crippen LogP contribution in [0.1, 0.15) is 22.3 Å². The number of carbonyl (C=O) groups excluding carboxylic acids is 1. The Balaban J connectivity index is 1.27. The lowest BCUT2D eigenvalue weighted by atomic mass is 10.1. The lowest BCUT2D eigenvalue weighted by Gasteiger charge is -2.33. The molecule has 0 saturated carbocycles. The molecule has 1 aliphatic rings. The molecular formula is C21H23N5O2S. The molecule has 1 aliphatic heterocycles. The summed E-state index contributed by atoms with van der Waals surface area (Å²) in [5, 5.41) is -0.151. The predicted molar refractivity (Wildman–Crippen MR) is 113 cm³/mol. The maximum Gasteiger partial charge on any atom is 0.415 e. The van der Waals surface area contributed by atoms with Gasteiger partial charge in [0.05, 0.1) is 10.9 Å². The third kappa shape index (κ3) is 4.96. The highest BCUT2D eigenvalue weighted by Gasteiger charge is 2.23. The van der Waals surface area contributed by atoms with Gasteiger partial charge in [0, 0.05) is 51.3 Å². The van der Waals surface area contributed by atoms with Gasteiger partial charge in [-0.2, -0.15) is 12.6 Å². The van der Waals surface area contributed by atoms with Gasteiger partial charge in [0.1, 0.15) is 11.6 Å². The van der Waals surface area contributed by atoms with Gasteiger partial charge in [-0.1, -0.05) is 18.2 Å². The molecule has 150 valence electrons. The van der Waals surface area contributed by atoms with Crippen LogP contribution in [-0.2, 0) is 6.54 Å². The van der Waals surface area contributed by atoms with Crippen LogP contribution in [0.3, 0.4) is 0 Å². The zero-order valence-corrected chi connectivity index (χ0v) is 16.8. The van der Waals surface area contributed by atoms with Crippen LogP contribution in [0.5, 0.6) is 5.75 Å². The van der Waals surface area contributed by atoms with Crippen molar-refractivity contribution in [2.75, 3.05) is 26.2 Å². The van der Waals surface area contributed by atoms with Crippen LogP contribution < -0.4 is 4.74 Å². The second-order valence-corrected chi connectivity index (χ2v) is 7.41. The second-order valence-electron chi connectivity index (χ2n) is 6.90. The van der Waals surface area contributed by atoms with Gasteiger partial charge in [-0.05, 0) is 29.8 Å². The average molecular weight is 410 g/mol. The molecule has 1 unspecified atom stereocenters. The fraction of sp³-hybridized carbons (Fsp3) is 0.286. The molecule has 3 aromatic rings. The molecule has 29 heavy (non-hydrogen) atoms. The number of H-pyrrole nitrogens is 1. The quantitative estimate of drug-likeness (QED) is 0.634. The van der Waals surface area contributed by atoms with Gasteiger partial charge in [-0.3, -0.25) is 9.88 Å². The van der Waals surface area contributed by atoms with Gasteiger partial charge in [0.2, 0.25) is 0 Å². The van der Waals surface area contributed by atoms with Crippen LogP contribution in [0.25, 0.3) is 0 Å². The molecule has 3 heterocycles. The molecule has 0 spiro atoms. The minimum atomic E-state index is -0.316. The van der Waals surface area contributed by atoms with Gasteiger partial charge >= 0.3 is 6.09 Å². The molecule has 0 radical (unpaired) electrons. The van der Waals surface area contributed by atoms with Crippen molar-refractivity contribution in [1.82, 2.24) is 24.8 Å². The number of piperazine rings is 1. The summed E-state index contributed by atoms with van der Waals surface area (Å²) in [4.78, 5) is 28.2. The Hall–Kier alpha value is -2.84. The van der Waals surface area contributed by atoms with Gasteiger partial charge in [-0.25, -0.2) is 9.78 Å². The number of rotatable bonds is 5. The highest BCUT2D eigenvalue weighted by atomic mass is 32.1. The van der Waals surface area contributed by atoms with E-state index in [1.165, 1.54) is 0 Å². The van der Waals surface area contributed by atoms with E-state index in [2.05, 4.69) is 32.5 Å². The van der Waals surface area contributed by atoms with Gasteiger partial charge < -0.3 is 14.6 Å². The zero-order chi connectivity index (χ0) is 20.1. The van der Waals surface area contributed by atoms with Crippen molar-refractivity contribution in [3.63, 3.8) is 0 Å². The van der Waals surface area contributed by atoms with Crippen LogP contribution in [0.4, 0.5) is 4.79 Å². The second kappa shape index (κ2) is 9.11. The number of nitrogens with one attached hydrogen (secondary N) is 1. The van der Waals surface area contributed by atoms with Crippen molar-refractivity contribution in [2.24, 2.45) is 0 Å². The summed E-state index contributed by atoms with van der Waals surface area (Å²) in [6.45, 7) is 3.68. The van der Waals surface area contributed by atoms with Crippen LogP contribution >= 0.6 is 12.6 Å². The summed E-state index contributed by atoms with van der Waals surface area (Å²) in [6, 6.07) is 13.3. The summed E-state index contributed by atoms with van der Waals surface area (Å²) in [6.07, 6.45) is 4.96. The number of aromatic nitrogens is 3. The molecule has 2 aromatic heterocycles. The maximum absolute atomic E-state index is 12.5. The Kier molecular flexibility index (Phi) is 6.12. The first-order valence-electron chi connectivity index (χ1n) is 9.55. The van der Waals surface area contributed by atoms with E-state index in [4.69, 9.17) is 4.74 Å². The Morgan fingerprint density at radius 2 is 1.86 bits per heavy atom. The number of thiol groups is 1. The van der Waals surface area contributed by atoms with Crippen molar-refractivity contribution < 1.29 is 9.53 Å². The number of hydrogen-bond acceptors (Lipinski definition) is 6. The van der Waals surface area contributed by atoms with Gasteiger partial charge in [-0.15, -0.1) is 0 Å². The minimum absolute atomic E-state index is 0.151. The topological polar surface area (TPSA) is 74.3 Å². The van der Waals surface area contributed by atoms with E-state index in [1.807, 2.05) is 30.3 Å². The first-order valence-corrected chi connectivity index (χ1v) is 10.1. The summed E-state index contributed by atoms with van der Waals surface area (Å²) in [7, 11) is 0. The molecular weight excluding hydrogens is 386 g/mol. The molecule has 1 saturated heterocycles. The Morgan fingerprint density at radius 3 is 2.52 bits per heavy atom. The van der Waals surface area contributed by atoms with Gasteiger partial charge in [0.15, 0.2) is 0 Å². The molecule has 1 aromatic carbocycles. The van der Waals surface area contributed by atoms with E-state index in [-0.39, 0.29) is 11.3 Å². The van der Waals surface area contributed by atoms with Crippen molar-refractivity contribution in [3.8, 4) is 5.75 Å². The zero-order valence-electron chi connectivity index (χ0n) is 15.9. The van der Waals surface area contributed by atoms with Crippen molar-refractivity contribution in [2.45, 2.75) is 11.8 Å². The first kappa shape index (κ1) is 19.5. The molecule has 8 heteroatoms. The highest BCUT2D eigenvalue weighted by Crippen LogP contribution is 2.27. The van der Waals surface area contributed by atoms with Gasteiger partial charge in [0.25, 0.3) is 0 Å². The highest BCUT2D eigenvalue weighted by molar-refractivity contribution is 7.80. The standard InChI is InChI=1S/C21H23N5O2S/c27-21(26-13-11-25(12-14-26)15-17-3-1-2-8-22-17)28-18-6-4-16(5-7-18)19(29)20-23-9-10-24-20/h1-10,19,29H,11-15H2,(H,23,24). The molecule has 1 N–H and O–H groups in total. The monoisotopic (exact) mass is 409 g/mol. The largest absolute Gasteiger partial charge is 0.415 e. The van der Waals surface area contributed by atoms with Crippen molar-refractivity contribution >= 4 is 18.7 Å². The summed E-state index contributed by atoms with van der Waals surface area (Å²) < 4.78 is 5.54. The molecule has 4 rings (SSSR count). The van der Waals surface area contributed by atoms with E-state index in [1.54, 1.807) is 35.6 Å². The lowest BCUT2D eigenvalue weighted by molar-refractivity contribution is 0.107. The van der Waals surface area contributed by atoms with Crippen molar-refractivity contribution in [3.05, 3.63) is 78.1 Å². The van der Waals surface area contributed by atoms with Crippen LogP contribution in [0.2, 0.25) is 0 Å². The van der Waals surface area contributed by atoms with Crippen molar-refractivity contribution in [1.29, 1.82) is 0 Å². The molecule has 0 bridgehead atoms. The number of imidazole rings is 1. The Morgan fingerprint density at radius 1 is 1.07 bits per heavy atom. The van der Waals surface area contributed by atoms with E-state index in [0.29, 0.717) is 18.8 Å². The molecule has 1 fully saturated rings. The number of carbonyl (C=O) groups is 1. The van der Waals surface area contributed by atoms with Crippen LogP contribution in [0.15, 0.2) is 61.1 Å². The maximum atomic E-state index is 12.5. The number of hydrogen-bond donors (Lipinski definition) is 2. The van der Waals surface area contributed by atoms with E-state index in [9.17, 15) is 4.79 Å². The molecule has 1 amide bonds. The van der Waals surface area contributed by atoms with Crippen LogP contribution in [0, 0.1) is 0 Å². The number of benzene rings is 1. The van der Waals surface area contributed by atoms with E-state index in [0.717, 1.165) is 36.7 Å². The van der Waals surface area contributed by atoms with E-state index < -0.39 is 0 Å². The Bertz CT molecular complexity index is 910. The molecule has 0 aliphatic carbocycles. The number of pyridine rings is 1. The first-order chi connectivity index (χ1) is 14.2. The fourth-order valence-electron chi connectivity index (χ4n) is 3.28. The predicted octanol–water partition coefficient (Wildman–Crippen LogP) is 3.14. The smallest absolute Gasteiger partial charge is 0.410 e. The third-order valence-electron chi connectivity index (χ3n) is 4.92. The van der Waals surface area contributed by atoms with E-state index >= 15 is 0 Å². The Labute approximate surface area is 175 Å². The summed E-state index contributed by atoms with van der Waals surface area (Å²) in [5.74, 6) is 1.30. The third-order valence-corrected chi connectivity index (χ3v) is 5.46. The number of nitrogens with zero attached hydrogens (tertiary/aromatic N) is 4. The number of amides is 1.